The van der Waals surface area contributed by atoms with Crippen LogP contribution in [0.15, 0.2) is 0 Å². The van der Waals surface area contributed by atoms with Gasteiger partial charge in [-0.15, -0.1) is 0 Å². The van der Waals surface area contributed by atoms with Crippen molar-refractivity contribution in [1.82, 2.24) is 0 Å². The van der Waals surface area contributed by atoms with Crippen LogP contribution < -0.4 is 0 Å². The van der Waals surface area contributed by atoms with Gasteiger partial charge in [-0.05, 0) is 19.3 Å². The van der Waals surface area contributed by atoms with Gasteiger partial charge in [0.25, 0.3) is 0 Å². The zero-order valence-corrected chi connectivity index (χ0v) is 8.41. The van der Waals surface area contributed by atoms with Gasteiger partial charge in [-0.3, -0.25) is 0 Å². The van der Waals surface area contributed by atoms with Crippen LogP contribution in [0.4, 0.5) is 0 Å². The predicted octanol–water partition coefficient (Wildman–Crippen LogP) is 3.17. The van der Waals surface area contributed by atoms with Gasteiger partial charge in [-0.1, -0.05) is 0 Å². The van der Waals surface area contributed by atoms with Gasteiger partial charge in [0.05, 0.1) is 23.9 Å². The summed E-state index contributed by atoms with van der Waals surface area (Å²) in [7, 11) is 0. The molecule has 0 atom stereocenters. The fraction of sp³-hybridized carbons (Fsp3) is 1.00. The maximum Gasteiger partial charge on any atom is 0.154 e. The Kier molecular flexibility index (Phi) is 2.57. The summed E-state index contributed by atoms with van der Waals surface area (Å²) < 4.78 is 0. The largest absolute Gasteiger partial charge is 0.154 e. The molecular weight excluding hydrogens is 230 g/mol. The van der Waals surface area contributed by atoms with E-state index in [4.69, 9.17) is 0 Å². The van der Waals surface area contributed by atoms with Crippen LogP contribution in [0.2, 0.25) is 0 Å². The van der Waals surface area contributed by atoms with E-state index in [0.717, 1.165) is 0 Å². The summed E-state index contributed by atoms with van der Waals surface area (Å²) >= 11 is 2.70. The molecule has 1 fully saturated rings. The molecule has 8 heavy (non-hydrogen) atoms. The zero-order chi connectivity index (χ0) is 6.04. The predicted molar refractivity (Wildman–Crippen MR) is 50.4 cm³/mol. The Labute approximate surface area is 65.2 Å². The van der Waals surface area contributed by atoms with Crippen molar-refractivity contribution in [1.29, 1.82) is 0 Å². The zero-order valence-electron chi connectivity index (χ0n) is 5.36. The third-order valence-corrected chi connectivity index (χ3v) is 7.14. The van der Waals surface area contributed by atoms with Crippen LogP contribution in [0.3, 0.4) is 0 Å². The van der Waals surface area contributed by atoms with E-state index in [1.165, 1.54) is 19.3 Å². The highest BCUT2D eigenvalue weighted by molar-refractivity contribution is 14.2. The van der Waals surface area contributed by atoms with E-state index in [-0.39, 0.29) is 4.90 Å². The molecule has 1 aliphatic heterocycles. The van der Waals surface area contributed by atoms with Gasteiger partial charge in [0.2, 0.25) is 0 Å². The van der Waals surface area contributed by atoms with Crippen molar-refractivity contribution >= 4 is 26.9 Å². The Morgan fingerprint density at radius 2 is 1.62 bits per heavy atom. The fourth-order valence-corrected chi connectivity index (χ4v) is 5.21. The van der Waals surface area contributed by atoms with Crippen molar-refractivity contribution in [2.24, 2.45) is 0 Å². The number of hydrogen-bond donors (Lipinski definition) is 0. The minimum absolute atomic E-state index is 0.367. The molecule has 0 aliphatic carbocycles. The Morgan fingerprint density at radius 3 is 1.88 bits per heavy atom. The molecule has 0 radical (unpaired) electrons. The number of rotatable bonds is 0. The lowest BCUT2D eigenvalue weighted by molar-refractivity contribution is 0.753. The van der Waals surface area contributed by atoms with Gasteiger partial charge in [0, 0.05) is 0 Å². The molecule has 48 valence electrons. The van der Waals surface area contributed by atoms with Crippen molar-refractivity contribution in [3.8, 4) is 0 Å². The van der Waals surface area contributed by atoms with Gasteiger partial charge in [-0.25, -0.2) is 0 Å². The monoisotopic (exact) mass is 243 g/mol. The molecular formula is C6H13IP+. The normalized spacial score (nSPS) is 27.8. The highest BCUT2D eigenvalue weighted by Gasteiger charge is 2.29. The van der Waals surface area contributed by atoms with Crippen molar-refractivity contribution in [3.63, 3.8) is 0 Å². The molecule has 0 N–H and O–H groups in total. The summed E-state index contributed by atoms with van der Waals surface area (Å²) in [5.41, 5.74) is 0. The van der Waals surface area contributed by atoms with E-state index in [0.29, 0.717) is 0 Å². The molecule has 0 saturated carbocycles. The Bertz CT molecular complexity index is 72.6. The fourth-order valence-electron chi connectivity index (χ4n) is 1.17. The first kappa shape index (κ1) is 7.27. The molecule has 0 nitrogen and oxygen atoms in total. The average molecular weight is 243 g/mol. The SMILES string of the molecule is C[P+]1(I)CCCCC1. The smallest absolute Gasteiger partial charge is 0.0464 e. The van der Waals surface area contributed by atoms with E-state index < -0.39 is 0 Å². The molecule has 0 aromatic carbocycles. The first-order valence-corrected chi connectivity index (χ1v) is 8.64. The molecule has 0 aromatic rings. The number of halogens is 1. The van der Waals surface area contributed by atoms with Gasteiger partial charge >= 0.3 is 0 Å². The summed E-state index contributed by atoms with van der Waals surface area (Å²) in [5.74, 6) is 0. The second-order valence-corrected chi connectivity index (χ2v) is 13.2. The first-order chi connectivity index (χ1) is 3.71. The van der Waals surface area contributed by atoms with Gasteiger partial charge in [0.15, 0.2) is 22.0 Å². The third-order valence-electron chi connectivity index (χ3n) is 1.75. The van der Waals surface area contributed by atoms with Crippen LogP contribution >= 0.6 is 26.9 Å². The lowest BCUT2D eigenvalue weighted by Gasteiger charge is -2.19. The van der Waals surface area contributed by atoms with Crippen LogP contribution in [-0.4, -0.2) is 19.0 Å². The molecule has 0 unspecified atom stereocenters. The van der Waals surface area contributed by atoms with Gasteiger partial charge in [0.1, 0.15) is 0 Å². The van der Waals surface area contributed by atoms with Crippen LogP contribution in [0.5, 0.6) is 0 Å². The average Bonchev–Trinajstić information content (AvgIpc) is 1.65. The molecule has 1 rings (SSSR count). The molecule has 0 aromatic heterocycles. The second-order valence-electron chi connectivity index (χ2n) is 2.77. The quantitative estimate of drug-likeness (QED) is 0.452. The van der Waals surface area contributed by atoms with Crippen LogP contribution in [0.25, 0.3) is 0 Å². The first-order valence-electron chi connectivity index (χ1n) is 3.25. The van der Waals surface area contributed by atoms with Gasteiger partial charge < -0.3 is 0 Å². The highest BCUT2D eigenvalue weighted by Crippen LogP contribution is 2.66. The van der Waals surface area contributed by atoms with Crippen molar-refractivity contribution in [2.45, 2.75) is 19.3 Å². The van der Waals surface area contributed by atoms with E-state index in [9.17, 15) is 0 Å². The van der Waals surface area contributed by atoms with E-state index in [2.05, 4.69) is 28.7 Å². The maximum atomic E-state index is 2.70. The van der Waals surface area contributed by atoms with Crippen LogP contribution in [0.1, 0.15) is 19.3 Å². The topological polar surface area (TPSA) is 0 Å². The Balaban J connectivity index is 2.33. The van der Waals surface area contributed by atoms with Crippen molar-refractivity contribution < 1.29 is 0 Å². The minimum Gasteiger partial charge on any atom is -0.0464 e. The van der Waals surface area contributed by atoms with Crippen LogP contribution in [0, 0.1) is 0 Å². The Morgan fingerprint density at radius 1 is 1.12 bits per heavy atom. The van der Waals surface area contributed by atoms with E-state index in [1.807, 2.05) is 0 Å². The Hall–Kier alpha value is 1.16. The van der Waals surface area contributed by atoms with Gasteiger partial charge in [-0.2, -0.15) is 0 Å². The molecule has 1 aliphatic rings. The third kappa shape index (κ3) is 2.18. The second kappa shape index (κ2) is 2.83. The van der Waals surface area contributed by atoms with Crippen molar-refractivity contribution in [2.75, 3.05) is 19.0 Å². The molecule has 2 heteroatoms. The molecule has 0 amide bonds. The summed E-state index contributed by atoms with van der Waals surface area (Å²) in [4.78, 5) is -0.367. The highest BCUT2D eigenvalue weighted by atomic mass is 127. The van der Waals surface area contributed by atoms with E-state index in [1.54, 1.807) is 12.3 Å². The van der Waals surface area contributed by atoms with Crippen molar-refractivity contribution in [3.05, 3.63) is 0 Å². The molecule has 0 spiro atoms. The maximum absolute atomic E-state index is 2.70. The summed E-state index contributed by atoms with van der Waals surface area (Å²) in [6.45, 7) is 2.48. The number of hydrogen-bond acceptors (Lipinski definition) is 0. The lowest BCUT2D eigenvalue weighted by Crippen LogP contribution is -2.02. The molecule has 1 saturated heterocycles. The summed E-state index contributed by atoms with van der Waals surface area (Å²) in [6, 6.07) is 0. The molecule has 1 heterocycles. The minimum atomic E-state index is -0.367. The van der Waals surface area contributed by atoms with E-state index >= 15 is 0 Å². The lowest BCUT2D eigenvalue weighted by atomic mass is 10.3. The van der Waals surface area contributed by atoms with Crippen LogP contribution in [-0.2, 0) is 0 Å². The summed E-state index contributed by atoms with van der Waals surface area (Å²) in [5, 5.41) is 0. The standard InChI is InChI=1S/C6H13IP/c1-8(7)5-3-2-4-6-8/h2-6H2,1H3/q+1. The summed E-state index contributed by atoms with van der Waals surface area (Å²) in [6.07, 6.45) is 7.61. The molecule has 0 bridgehead atoms.